The summed E-state index contributed by atoms with van der Waals surface area (Å²) in [6.07, 6.45) is 5.42. The smallest absolute Gasteiger partial charge is 0.307 e. The highest BCUT2D eigenvalue weighted by atomic mass is 16.4. The number of rotatable bonds is 5. The number of nitrogens with zero attached hydrogens (tertiary/aromatic N) is 1. The van der Waals surface area contributed by atoms with Crippen molar-refractivity contribution in [1.82, 2.24) is 4.90 Å². The first kappa shape index (κ1) is 17.0. The Morgan fingerprint density at radius 2 is 2.04 bits per heavy atom. The van der Waals surface area contributed by atoms with Crippen LogP contribution in [0.1, 0.15) is 44.6 Å². The Morgan fingerprint density at radius 1 is 1.29 bits per heavy atom. The molecular formula is C20H27NO3. The second kappa shape index (κ2) is 6.96. The van der Waals surface area contributed by atoms with Crippen LogP contribution in [0.3, 0.4) is 0 Å². The van der Waals surface area contributed by atoms with Gasteiger partial charge >= 0.3 is 5.97 Å². The van der Waals surface area contributed by atoms with Crippen LogP contribution in [0.15, 0.2) is 30.3 Å². The van der Waals surface area contributed by atoms with E-state index in [1.807, 2.05) is 35.2 Å². The van der Waals surface area contributed by atoms with Crippen molar-refractivity contribution in [2.75, 3.05) is 13.1 Å². The van der Waals surface area contributed by atoms with Gasteiger partial charge in [-0.15, -0.1) is 0 Å². The van der Waals surface area contributed by atoms with Gasteiger partial charge in [0.05, 0.1) is 5.92 Å². The Balaban J connectivity index is 1.63. The number of aliphatic carboxylic acids is 1. The van der Waals surface area contributed by atoms with Crippen molar-refractivity contribution in [3.63, 3.8) is 0 Å². The van der Waals surface area contributed by atoms with Crippen LogP contribution in [0, 0.1) is 17.3 Å². The first-order chi connectivity index (χ1) is 11.5. The quantitative estimate of drug-likeness (QED) is 0.901. The predicted molar refractivity (Wildman–Crippen MR) is 92.5 cm³/mol. The number of carboxylic acid groups (broad SMARTS) is 1. The summed E-state index contributed by atoms with van der Waals surface area (Å²) in [5.41, 5.74) is 1.21. The van der Waals surface area contributed by atoms with Gasteiger partial charge in [0.2, 0.25) is 5.91 Å². The number of hydrogen-bond donors (Lipinski definition) is 1. The second-order valence-electron chi connectivity index (χ2n) is 7.80. The number of fused-ring (bicyclic) bond motifs is 1. The van der Waals surface area contributed by atoms with Crippen molar-refractivity contribution in [2.45, 2.75) is 45.4 Å². The summed E-state index contributed by atoms with van der Waals surface area (Å²) in [6, 6.07) is 9.57. The van der Waals surface area contributed by atoms with Crippen LogP contribution in [0.5, 0.6) is 0 Å². The molecule has 0 radical (unpaired) electrons. The summed E-state index contributed by atoms with van der Waals surface area (Å²) >= 11 is 0. The lowest BCUT2D eigenvalue weighted by atomic mass is 9.70. The molecule has 1 aliphatic heterocycles. The fourth-order valence-electron chi connectivity index (χ4n) is 4.43. The number of amides is 1. The lowest BCUT2D eigenvalue weighted by molar-refractivity contribution is -0.145. The summed E-state index contributed by atoms with van der Waals surface area (Å²) in [6.45, 7) is 3.91. The summed E-state index contributed by atoms with van der Waals surface area (Å²) in [7, 11) is 0. The molecule has 1 aliphatic carbocycles. The molecule has 1 aromatic rings. The topological polar surface area (TPSA) is 57.6 Å². The van der Waals surface area contributed by atoms with Gasteiger partial charge < -0.3 is 10.0 Å². The predicted octanol–water partition coefficient (Wildman–Crippen LogP) is 3.36. The maximum Gasteiger partial charge on any atom is 0.307 e. The number of carboxylic acids is 1. The van der Waals surface area contributed by atoms with Gasteiger partial charge in [-0.1, -0.05) is 50.1 Å². The molecule has 1 unspecified atom stereocenters. The van der Waals surface area contributed by atoms with E-state index in [-0.39, 0.29) is 17.7 Å². The van der Waals surface area contributed by atoms with E-state index in [4.69, 9.17) is 0 Å². The van der Waals surface area contributed by atoms with Crippen LogP contribution in [0.2, 0.25) is 0 Å². The number of likely N-dealkylation sites (tertiary alicyclic amines) is 1. The van der Waals surface area contributed by atoms with Crippen molar-refractivity contribution in [3.8, 4) is 0 Å². The fraction of sp³-hybridized carbons (Fsp3) is 0.600. The number of carbonyl (C=O) groups is 2. The molecule has 2 fully saturated rings. The molecular weight excluding hydrogens is 302 g/mol. The Labute approximate surface area is 143 Å². The maximum absolute atomic E-state index is 12.7. The highest BCUT2D eigenvalue weighted by molar-refractivity contribution is 5.82. The first-order valence-corrected chi connectivity index (χ1v) is 9.02. The van der Waals surface area contributed by atoms with Gasteiger partial charge in [0.25, 0.3) is 0 Å². The summed E-state index contributed by atoms with van der Waals surface area (Å²) in [5, 5.41) is 9.51. The summed E-state index contributed by atoms with van der Waals surface area (Å²) in [4.78, 5) is 26.2. The average Bonchev–Trinajstić information content (AvgIpc) is 2.92. The Hall–Kier alpha value is -1.84. The normalized spacial score (nSPS) is 27.5. The summed E-state index contributed by atoms with van der Waals surface area (Å²) in [5.74, 6) is -0.924. The van der Waals surface area contributed by atoms with E-state index < -0.39 is 11.9 Å². The minimum absolute atomic E-state index is 0.00829. The fourth-order valence-corrected chi connectivity index (χ4v) is 4.43. The molecule has 0 spiro atoms. The number of hydrogen-bond acceptors (Lipinski definition) is 2. The van der Waals surface area contributed by atoms with Crippen LogP contribution in [-0.4, -0.2) is 35.0 Å². The third-order valence-electron chi connectivity index (χ3n) is 5.98. The van der Waals surface area contributed by atoms with Crippen molar-refractivity contribution in [2.24, 2.45) is 17.3 Å². The summed E-state index contributed by atoms with van der Waals surface area (Å²) < 4.78 is 0. The Morgan fingerprint density at radius 3 is 2.71 bits per heavy atom. The van der Waals surface area contributed by atoms with E-state index in [1.54, 1.807) is 0 Å². The molecule has 4 heteroatoms. The molecule has 1 aromatic carbocycles. The molecule has 2 aliphatic rings. The molecule has 1 saturated carbocycles. The monoisotopic (exact) mass is 329 g/mol. The third kappa shape index (κ3) is 3.63. The standard InChI is InChI=1S/C20H27NO3/c1-20-10-6-5-9-17(20)13-21(14-20)18(22)12-16(19(23)24)11-15-7-3-2-4-8-15/h2-4,7-8,16-17H,5-6,9-14H2,1H3,(H,23,24)/t16?,17-,20+/m0/s1. The van der Waals surface area contributed by atoms with Gasteiger partial charge in [0.15, 0.2) is 0 Å². The van der Waals surface area contributed by atoms with E-state index in [9.17, 15) is 14.7 Å². The molecule has 4 nitrogen and oxygen atoms in total. The molecule has 3 rings (SSSR count). The van der Waals surface area contributed by atoms with Gasteiger partial charge in [-0.2, -0.15) is 0 Å². The minimum atomic E-state index is -0.880. The van der Waals surface area contributed by atoms with Gasteiger partial charge in [-0.05, 0) is 36.2 Å². The van der Waals surface area contributed by atoms with Crippen molar-refractivity contribution < 1.29 is 14.7 Å². The molecule has 1 N–H and O–H groups in total. The lowest BCUT2D eigenvalue weighted by Crippen LogP contribution is -2.34. The van der Waals surface area contributed by atoms with Crippen LogP contribution in [-0.2, 0) is 16.0 Å². The van der Waals surface area contributed by atoms with Crippen LogP contribution >= 0.6 is 0 Å². The van der Waals surface area contributed by atoms with Crippen molar-refractivity contribution >= 4 is 11.9 Å². The number of benzene rings is 1. The zero-order chi connectivity index (χ0) is 17.2. The Kier molecular flexibility index (Phi) is 4.93. The molecule has 0 aromatic heterocycles. The number of carbonyl (C=O) groups excluding carboxylic acids is 1. The maximum atomic E-state index is 12.7. The lowest BCUT2D eigenvalue weighted by Gasteiger charge is -2.34. The third-order valence-corrected chi connectivity index (χ3v) is 5.98. The van der Waals surface area contributed by atoms with Gasteiger partial charge in [0.1, 0.15) is 0 Å². The minimum Gasteiger partial charge on any atom is -0.481 e. The van der Waals surface area contributed by atoms with Gasteiger partial charge in [0, 0.05) is 19.5 Å². The average molecular weight is 329 g/mol. The Bertz CT molecular complexity index is 600. The molecule has 130 valence electrons. The SMILES string of the molecule is C[C@]12CCCC[C@H]1CN(C(=O)CC(Cc1ccccc1)C(=O)O)C2. The highest BCUT2D eigenvalue weighted by Gasteiger charge is 2.45. The van der Waals surface area contributed by atoms with E-state index in [0.29, 0.717) is 12.3 Å². The molecule has 3 atom stereocenters. The van der Waals surface area contributed by atoms with Crippen LogP contribution in [0.4, 0.5) is 0 Å². The van der Waals surface area contributed by atoms with Gasteiger partial charge in [-0.25, -0.2) is 0 Å². The van der Waals surface area contributed by atoms with Crippen molar-refractivity contribution in [3.05, 3.63) is 35.9 Å². The highest BCUT2D eigenvalue weighted by Crippen LogP contribution is 2.46. The van der Waals surface area contributed by atoms with E-state index in [2.05, 4.69) is 6.92 Å². The molecule has 0 bridgehead atoms. The van der Waals surface area contributed by atoms with Gasteiger partial charge in [-0.3, -0.25) is 9.59 Å². The zero-order valence-corrected chi connectivity index (χ0v) is 14.4. The largest absolute Gasteiger partial charge is 0.481 e. The van der Waals surface area contributed by atoms with Crippen LogP contribution in [0.25, 0.3) is 0 Å². The molecule has 1 saturated heterocycles. The first-order valence-electron chi connectivity index (χ1n) is 9.02. The molecule has 1 heterocycles. The van der Waals surface area contributed by atoms with E-state index in [0.717, 1.165) is 18.7 Å². The second-order valence-corrected chi connectivity index (χ2v) is 7.80. The van der Waals surface area contributed by atoms with E-state index >= 15 is 0 Å². The van der Waals surface area contributed by atoms with Crippen LogP contribution < -0.4 is 0 Å². The van der Waals surface area contributed by atoms with Crippen molar-refractivity contribution in [1.29, 1.82) is 0 Å². The molecule has 24 heavy (non-hydrogen) atoms. The zero-order valence-electron chi connectivity index (χ0n) is 14.4. The molecule has 1 amide bonds. The van der Waals surface area contributed by atoms with E-state index in [1.165, 1.54) is 25.7 Å².